The van der Waals surface area contributed by atoms with Gasteiger partial charge in [0.1, 0.15) is 12.4 Å². The van der Waals surface area contributed by atoms with Gasteiger partial charge in [0, 0.05) is 36.3 Å². The number of rotatable bonds is 5. The van der Waals surface area contributed by atoms with Crippen LogP contribution in [0, 0.1) is 11.8 Å². The minimum Gasteiger partial charge on any atom is -0.384 e. The molecule has 208 valence electrons. The van der Waals surface area contributed by atoms with Crippen LogP contribution in [0.1, 0.15) is 88.9 Å². The van der Waals surface area contributed by atoms with Crippen molar-refractivity contribution in [3.63, 3.8) is 0 Å². The number of benzene rings is 2. The van der Waals surface area contributed by atoms with Crippen molar-refractivity contribution in [3.05, 3.63) is 82.4 Å². The summed E-state index contributed by atoms with van der Waals surface area (Å²) < 4.78 is 0. The molecule has 2 aromatic carbocycles. The highest BCUT2D eigenvalue weighted by Gasteiger charge is 2.18. The molecule has 1 atom stereocenters. The Kier molecular flexibility index (Phi) is 21.8. The molecule has 0 saturated carbocycles. The van der Waals surface area contributed by atoms with Gasteiger partial charge in [-0.2, -0.15) is 0 Å². The molecule has 2 aromatic rings. The van der Waals surface area contributed by atoms with E-state index in [2.05, 4.69) is 59.7 Å². The average molecular weight is 523 g/mol. The molecular weight excluding hydrogens is 476 g/mol. The van der Waals surface area contributed by atoms with E-state index < -0.39 is 12.0 Å². The lowest BCUT2D eigenvalue weighted by Crippen LogP contribution is -2.39. The molecule has 0 aliphatic carbocycles. The van der Waals surface area contributed by atoms with E-state index in [1.54, 1.807) is 12.5 Å². The normalized spacial score (nSPS) is 11.8. The van der Waals surface area contributed by atoms with E-state index >= 15 is 0 Å². The fraction of sp³-hybridized carbons (Fsp3) is 0.406. The second-order valence-corrected chi connectivity index (χ2v) is 7.81. The summed E-state index contributed by atoms with van der Waals surface area (Å²) >= 11 is 0. The molecule has 0 aromatic heterocycles. The van der Waals surface area contributed by atoms with Gasteiger partial charge in [0.2, 0.25) is 5.91 Å². The average Bonchev–Trinajstić information content (AvgIpc) is 2.90. The van der Waals surface area contributed by atoms with Gasteiger partial charge in [0.05, 0.1) is 0 Å². The third-order valence-electron chi connectivity index (χ3n) is 4.76. The van der Waals surface area contributed by atoms with Gasteiger partial charge in [-0.25, -0.2) is 0 Å². The van der Waals surface area contributed by atoms with Crippen molar-refractivity contribution in [1.82, 2.24) is 4.90 Å². The summed E-state index contributed by atoms with van der Waals surface area (Å²) in [6.07, 6.45) is 3.21. The number of carbonyl (C=O) groups excluding carboxylic acids is 3. The Balaban J connectivity index is 0. The van der Waals surface area contributed by atoms with Crippen molar-refractivity contribution in [2.45, 2.75) is 74.5 Å². The number of amides is 1. The fourth-order valence-corrected chi connectivity index (χ4v) is 2.94. The molecule has 6 nitrogen and oxygen atoms in total. The Morgan fingerprint density at radius 3 is 1.71 bits per heavy atom. The zero-order valence-electron chi connectivity index (χ0n) is 24.4. The van der Waals surface area contributed by atoms with Gasteiger partial charge in [-0.05, 0) is 62.6 Å². The molecule has 3 rings (SSSR count). The topological polar surface area (TPSA) is 101 Å². The van der Waals surface area contributed by atoms with Crippen LogP contribution in [-0.2, 0) is 16.1 Å². The number of primary amides is 1. The highest BCUT2D eigenvalue weighted by Crippen LogP contribution is 2.18. The Labute approximate surface area is 229 Å². The van der Waals surface area contributed by atoms with Gasteiger partial charge in [-0.1, -0.05) is 76.8 Å². The van der Waals surface area contributed by atoms with Crippen LogP contribution < -0.4 is 5.73 Å². The van der Waals surface area contributed by atoms with Crippen molar-refractivity contribution in [1.29, 1.82) is 0 Å². The van der Waals surface area contributed by atoms with Crippen LogP contribution in [0.3, 0.4) is 0 Å². The molecule has 1 aliphatic rings. The van der Waals surface area contributed by atoms with E-state index in [-0.39, 0.29) is 5.78 Å². The van der Waals surface area contributed by atoms with Crippen LogP contribution in [0.5, 0.6) is 0 Å². The maximum atomic E-state index is 11.3. The number of carbonyl (C=O) groups is 3. The molecule has 3 N–H and O–H groups in total. The molecule has 1 heterocycles. The minimum atomic E-state index is -1.01. The number of allylic oxidation sites excluding steroid dienone is 1. The van der Waals surface area contributed by atoms with E-state index in [0.717, 1.165) is 49.0 Å². The molecule has 0 spiro atoms. The van der Waals surface area contributed by atoms with Crippen LogP contribution in [0.2, 0.25) is 0 Å². The molecule has 0 radical (unpaired) electrons. The smallest absolute Gasteiger partial charge is 0.245 e. The molecule has 38 heavy (non-hydrogen) atoms. The van der Waals surface area contributed by atoms with Crippen LogP contribution in [0.4, 0.5) is 0 Å². The van der Waals surface area contributed by atoms with E-state index in [4.69, 9.17) is 9.90 Å². The van der Waals surface area contributed by atoms with Gasteiger partial charge in [0.15, 0.2) is 5.78 Å². The molecule has 0 bridgehead atoms. The summed E-state index contributed by atoms with van der Waals surface area (Å²) in [4.78, 5) is 32.2. The first-order valence-corrected chi connectivity index (χ1v) is 13.2. The third-order valence-corrected chi connectivity index (χ3v) is 4.76. The second-order valence-electron chi connectivity index (χ2n) is 7.81. The summed E-state index contributed by atoms with van der Waals surface area (Å²) in [6.45, 7) is 17.7. The maximum absolute atomic E-state index is 11.3. The predicted molar refractivity (Wildman–Crippen MR) is 158 cm³/mol. The van der Waals surface area contributed by atoms with Gasteiger partial charge in [-0.15, -0.1) is 0 Å². The molecule has 1 fully saturated rings. The summed E-state index contributed by atoms with van der Waals surface area (Å²) in [5.74, 6) is 5.73. The van der Waals surface area contributed by atoms with Crippen LogP contribution in [-0.4, -0.2) is 47.2 Å². The first-order chi connectivity index (χ1) is 18.2. The van der Waals surface area contributed by atoms with Gasteiger partial charge < -0.3 is 15.6 Å². The molecule has 1 aliphatic heterocycles. The molecular formula is C32H46N2O4. The molecule has 6 heteroatoms. The number of nitrogens with zero attached hydrogens (tertiary/aromatic N) is 1. The van der Waals surface area contributed by atoms with Crippen molar-refractivity contribution in [3.8, 4) is 11.8 Å². The lowest BCUT2D eigenvalue weighted by Gasteiger charge is -2.34. The first-order valence-electron chi connectivity index (χ1n) is 13.2. The van der Waals surface area contributed by atoms with Crippen molar-refractivity contribution in [2.24, 2.45) is 5.73 Å². The Morgan fingerprint density at radius 1 is 0.974 bits per heavy atom. The van der Waals surface area contributed by atoms with Gasteiger partial charge in [0.25, 0.3) is 0 Å². The predicted octanol–water partition coefficient (Wildman–Crippen LogP) is 5.55. The number of hydrogen-bond acceptors (Lipinski definition) is 5. The van der Waals surface area contributed by atoms with E-state index in [1.807, 2.05) is 52.0 Å². The third kappa shape index (κ3) is 16.3. The quantitative estimate of drug-likeness (QED) is 0.232. The highest BCUT2D eigenvalue weighted by molar-refractivity contribution is 5.94. The second kappa shape index (κ2) is 22.7. The zero-order chi connectivity index (χ0) is 29.5. The van der Waals surface area contributed by atoms with E-state index in [0.29, 0.717) is 0 Å². The zero-order valence-corrected chi connectivity index (χ0v) is 24.4. The number of aliphatic hydroxyl groups excluding tert-OH is 1. The number of aldehydes is 1. The maximum Gasteiger partial charge on any atom is 0.245 e. The minimum absolute atomic E-state index is 0.0783. The summed E-state index contributed by atoms with van der Waals surface area (Å²) in [5.41, 5.74) is 10.1. The number of aliphatic hydroxyl groups is 1. The van der Waals surface area contributed by atoms with Crippen LogP contribution in [0.15, 0.2) is 60.2 Å². The van der Waals surface area contributed by atoms with E-state index in [1.165, 1.54) is 19.4 Å². The summed E-state index contributed by atoms with van der Waals surface area (Å²) in [7, 11) is 0. The number of hydrogen-bond donors (Lipinski definition) is 2. The monoisotopic (exact) mass is 522 g/mol. The molecule has 1 amide bonds. The van der Waals surface area contributed by atoms with Crippen molar-refractivity contribution < 1.29 is 19.5 Å². The standard InChI is InChI=1S/C23H23NO.C3H7NO2.C2H4O.2C2H6/c1-3-4-22-16-24(17-22)15-21-9-7-19(8-10-21)5-6-20-11-13-23(14-12-20)18(2)25;1-2(5)3(4)6;1-2-3;2*1-2/h4,7-14H,3,15-17H2,1-2H3;2,5H,1H3,(H2,4,6);2H,1H3;2*1-2H3. The highest BCUT2D eigenvalue weighted by atomic mass is 16.3. The Morgan fingerprint density at radius 2 is 1.37 bits per heavy atom. The van der Waals surface area contributed by atoms with Gasteiger partial charge in [-0.3, -0.25) is 14.5 Å². The lowest BCUT2D eigenvalue weighted by molar-refractivity contribution is -0.125. The SMILES string of the molecule is CC.CC.CC(O)C(N)=O.CC=O.CCC=C1CN(Cc2ccc(C#Cc3ccc(C(C)=O)cc3)cc2)C1. The molecule has 1 unspecified atom stereocenters. The Hall–Kier alpha value is -3.53. The largest absolute Gasteiger partial charge is 0.384 e. The Bertz CT molecular complexity index is 1020. The number of ketones is 1. The first kappa shape index (κ1) is 36.6. The number of nitrogens with two attached hydrogens (primary N) is 1. The molecule has 1 saturated heterocycles. The van der Waals surface area contributed by atoms with Crippen LogP contribution >= 0.6 is 0 Å². The fourth-order valence-electron chi connectivity index (χ4n) is 2.94. The number of likely N-dealkylation sites (tertiary alicyclic amines) is 1. The van der Waals surface area contributed by atoms with E-state index in [9.17, 15) is 9.59 Å². The van der Waals surface area contributed by atoms with Crippen molar-refractivity contribution >= 4 is 18.0 Å². The van der Waals surface area contributed by atoms with Crippen molar-refractivity contribution in [2.75, 3.05) is 13.1 Å². The lowest BCUT2D eigenvalue weighted by atomic mass is 10.0. The number of Topliss-reactive ketones (excluding diaryl/α,β-unsaturated/α-hetero) is 1. The summed E-state index contributed by atoms with van der Waals surface area (Å²) in [6, 6.07) is 15.9. The van der Waals surface area contributed by atoms with Crippen LogP contribution in [0.25, 0.3) is 0 Å². The summed E-state index contributed by atoms with van der Waals surface area (Å²) in [5, 5.41) is 8.16. The van der Waals surface area contributed by atoms with Gasteiger partial charge >= 0.3 is 0 Å².